The molecule has 1 rings (SSSR count). The van der Waals surface area contributed by atoms with E-state index in [1.54, 1.807) is 0 Å². The fourth-order valence-electron chi connectivity index (χ4n) is 1.41. The third-order valence-electron chi connectivity index (χ3n) is 2.40. The van der Waals surface area contributed by atoms with Gasteiger partial charge >= 0.3 is 5.69 Å². The summed E-state index contributed by atoms with van der Waals surface area (Å²) in [7, 11) is 1.28. The molecule has 96 valence electrons. The highest BCUT2D eigenvalue weighted by molar-refractivity contribution is 5.59. The molecule has 1 atom stereocenters. The smallest absolute Gasteiger partial charge is 0.313 e. The van der Waals surface area contributed by atoms with Crippen molar-refractivity contribution in [2.75, 3.05) is 12.4 Å². The van der Waals surface area contributed by atoms with Crippen molar-refractivity contribution in [3.8, 4) is 18.1 Å². The zero-order chi connectivity index (χ0) is 13.7. The largest absolute Gasteiger partial charge is 0.490 e. The molecule has 0 radical (unpaired) electrons. The maximum Gasteiger partial charge on any atom is 0.313 e. The normalized spacial score (nSPS) is 11.4. The SMILES string of the molecule is C#CC(CC)Nc1cc(OC)c([N+](=O)[O-])cc1F. The number of hydrogen-bond donors (Lipinski definition) is 1. The third kappa shape index (κ3) is 2.88. The second-order valence-corrected chi connectivity index (χ2v) is 3.53. The van der Waals surface area contributed by atoms with Gasteiger partial charge < -0.3 is 10.1 Å². The summed E-state index contributed by atoms with van der Waals surface area (Å²) in [6.45, 7) is 1.85. The molecular formula is C12H13FN2O3. The van der Waals surface area contributed by atoms with Gasteiger partial charge in [-0.2, -0.15) is 0 Å². The molecule has 0 saturated heterocycles. The maximum atomic E-state index is 13.7. The van der Waals surface area contributed by atoms with E-state index in [9.17, 15) is 14.5 Å². The Balaban J connectivity index is 3.16. The van der Waals surface area contributed by atoms with Gasteiger partial charge in [0.15, 0.2) is 11.6 Å². The van der Waals surface area contributed by atoms with Crippen LogP contribution in [0.4, 0.5) is 15.8 Å². The standard InChI is InChI=1S/C12H13FN2O3/c1-4-8(5-2)14-10-7-12(18-3)11(15(16)17)6-9(10)13/h1,6-8,14H,5H2,2-3H3. The van der Waals surface area contributed by atoms with E-state index < -0.39 is 16.4 Å². The van der Waals surface area contributed by atoms with E-state index in [2.05, 4.69) is 11.2 Å². The first-order valence-electron chi connectivity index (χ1n) is 5.28. The summed E-state index contributed by atoms with van der Waals surface area (Å²) in [5.41, 5.74) is -0.337. The molecule has 5 nitrogen and oxygen atoms in total. The van der Waals surface area contributed by atoms with Crippen LogP contribution in [0.25, 0.3) is 0 Å². The highest BCUT2D eigenvalue weighted by atomic mass is 19.1. The second-order valence-electron chi connectivity index (χ2n) is 3.53. The fraction of sp³-hybridized carbons (Fsp3) is 0.333. The number of terminal acetylenes is 1. The number of nitrogens with zero attached hydrogens (tertiary/aromatic N) is 1. The molecule has 0 heterocycles. The third-order valence-corrected chi connectivity index (χ3v) is 2.40. The van der Waals surface area contributed by atoms with Gasteiger partial charge in [0.25, 0.3) is 0 Å². The maximum absolute atomic E-state index is 13.7. The number of anilines is 1. The number of halogens is 1. The highest BCUT2D eigenvalue weighted by Crippen LogP contribution is 2.32. The molecule has 0 fully saturated rings. The summed E-state index contributed by atoms with van der Waals surface area (Å²) in [5.74, 6) is 1.69. The zero-order valence-corrected chi connectivity index (χ0v) is 10.1. The first-order chi connectivity index (χ1) is 8.53. The lowest BCUT2D eigenvalue weighted by Crippen LogP contribution is -2.16. The quantitative estimate of drug-likeness (QED) is 0.497. The molecule has 0 bridgehead atoms. The minimum absolute atomic E-state index is 0.0178. The van der Waals surface area contributed by atoms with Crippen molar-refractivity contribution in [2.45, 2.75) is 19.4 Å². The first-order valence-corrected chi connectivity index (χ1v) is 5.28. The Hall–Kier alpha value is -2.29. The molecule has 1 aromatic carbocycles. The Morgan fingerprint density at radius 2 is 2.33 bits per heavy atom. The van der Waals surface area contributed by atoms with Crippen molar-refractivity contribution in [1.82, 2.24) is 0 Å². The monoisotopic (exact) mass is 252 g/mol. The first kappa shape index (κ1) is 13.8. The molecule has 0 aliphatic rings. The van der Waals surface area contributed by atoms with Gasteiger partial charge in [0.05, 0.1) is 29.8 Å². The predicted molar refractivity (Wildman–Crippen MR) is 66.1 cm³/mol. The summed E-state index contributed by atoms with van der Waals surface area (Å²) < 4.78 is 18.5. The Morgan fingerprint density at radius 1 is 1.67 bits per heavy atom. The van der Waals surface area contributed by atoms with Gasteiger partial charge in [-0.1, -0.05) is 12.8 Å². The van der Waals surface area contributed by atoms with E-state index in [1.807, 2.05) is 6.92 Å². The van der Waals surface area contributed by atoms with Crippen molar-refractivity contribution in [1.29, 1.82) is 0 Å². The van der Waals surface area contributed by atoms with Crippen molar-refractivity contribution < 1.29 is 14.1 Å². The van der Waals surface area contributed by atoms with E-state index in [0.29, 0.717) is 6.42 Å². The van der Waals surface area contributed by atoms with E-state index in [-0.39, 0.29) is 17.5 Å². The molecule has 6 heteroatoms. The molecule has 0 spiro atoms. The van der Waals surface area contributed by atoms with Crippen LogP contribution in [0.5, 0.6) is 5.75 Å². The van der Waals surface area contributed by atoms with Crippen LogP contribution in [-0.4, -0.2) is 18.1 Å². The van der Waals surface area contributed by atoms with Gasteiger partial charge in [0.2, 0.25) is 0 Å². The van der Waals surface area contributed by atoms with Crippen molar-refractivity contribution in [2.24, 2.45) is 0 Å². The lowest BCUT2D eigenvalue weighted by atomic mass is 10.2. The number of rotatable bonds is 5. The number of methoxy groups -OCH3 is 1. The lowest BCUT2D eigenvalue weighted by molar-refractivity contribution is -0.385. The summed E-state index contributed by atoms with van der Waals surface area (Å²) in [6, 6.07) is 1.70. The second kappa shape index (κ2) is 5.87. The van der Waals surface area contributed by atoms with Gasteiger partial charge in [0.1, 0.15) is 0 Å². The van der Waals surface area contributed by atoms with E-state index in [0.717, 1.165) is 6.07 Å². The summed E-state index contributed by atoms with van der Waals surface area (Å²) in [4.78, 5) is 9.98. The Kier molecular flexibility index (Phi) is 4.49. The van der Waals surface area contributed by atoms with Crippen LogP contribution < -0.4 is 10.1 Å². The number of benzene rings is 1. The van der Waals surface area contributed by atoms with Crippen LogP contribution in [0, 0.1) is 28.3 Å². The Bertz CT molecular complexity index is 497. The van der Waals surface area contributed by atoms with Gasteiger partial charge in [0, 0.05) is 6.07 Å². The van der Waals surface area contributed by atoms with E-state index in [4.69, 9.17) is 11.2 Å². The van der Waals surface area contributed by atoms with Crippen LogP contribution in [0.15, 0.2) is 12.1 Å². The average Bonchev–Trinajstić information content (AvgIpc) is 2.36. The van der Waals surface area contributed by atoms with Gasteiger partial charge in [-0.25, -0.2) is 4.39 Å². The molecule has 1 N–H and O–H groups in total. The molecule has 0 saturated carbocycles. The number of nitro groups is 1. The minimum atomic E-state index is -0.740. The van der Waals surface area contributed by atoms with Crippen LogP contribution in [-0.2, 0) is 0 Å². The number of hydrogen-bond acceptors (Lipinski definition) is 4. The zero-order valence-electron chi connectivity index (χ0n) is 10.1. The lowest BCUT2D eigenvalue weighted by Gasteiger charge is -2.14. The number of ether oxygens (including phenoxy) is 1. The van der Waals surface area contributed by atoms with Crippen LogP contribution in [0.2, 0.25) is 0 Å². The average molecular weight is 252 g/mol. The Labute approximate surface area is 104 Å². The molecular weight excluding hydrogens is 239 g/mol. The van der Waals surface area contributed by atoms with E-state index in [1.165, 1.54) is 13.2 Å². The topological polar surface area (TPSA) is 64.4 Å². The molecule has 0 aliphatic heterocycles. The summed E-state index contributed by atoms with van der Waals surface area (Å²) in [6.07, 6.45) is 5.86. The van der Waals surface area contributed by atoms with Gasteiger partial charge in [-0.05, 0) is 6.42 Å². The molecule has 18 heavy (non-hydrogen) atoms. The Morgan fingerprint density at radius 3 is 2.78 bits per heavy atom. The molecule has 1 aromatic rings. The van der Waals surface area contributed by atoms with Crippen molar-refractivity contribution in [3.63, 3.8) is 0 Å². The molecule has 0 amide bonds. The molecule has 0 aliphatic carbocycles. The fourth-order valence-corrected chi connectivity index (χ4v) is 1.41. The van der Waals surface area contributed by atoms with Crippen LogP contribution in [0.3, 0.4) is 0 Å². The van der Waals surface area contributed by atoms with Gasteiger partial charge in [-0.15, -0.1) is 6.42 Å². The molecule has 1 unspecified atom stereocenters. The van der Waals surface area contributed by atoms with Crippen LogP contribution >= 0.6 is 0 Å². The highest BCUT2D eigenvalue weighted by Gasteiger charge is 2.19. The minimum Gasteiger partial charge on any atom is -0.490 e. The van der Waals surface area contributed by atoms with Crippen molar-refractivity contribution >= 4 is 11.4 Å². The van der Waals surface area contributed by atoms with Crippen molar-refractivity contribution in [3.05, 3.63) is 28.1 Å². The summed E-state index contributed by atoms with van der Waals surface area (Å²) in [5, 5.41) is 13.5. The van der Waals surface area contributed by atoms with Crippen LogP contribution in [0.1, 0.15) is 13.3 Å². The summed E-state index contributed by atoms with van der Waals surface area (Å²) >= 11 is 0. The predicted octanol–water partition coefficient (Wildman–Crippen LogP) is 2.57. The number of nitrogens with one attached hydrogen (secondary N) is 1. The number of nitro benzene ring substituents is 1. The van der Waals surface area contributed by atoms with Gasteiger partial charge in [-0.3, -0.25) is 10.1 Å². The van der Waals surface area contributed by atoms with E-state index >= 15 is 0 Å². The molecule has 0 aromatic heterocycles.